The molecule has 1 unspecified atom stereocenters. The highest BCUT2D eigenvalue weighted by Crippen LogP contribution is 2.41. The molecular formula is C13H25NOS2. The van der Waals surface area contributed by atoms with Gasteiger partial charge in [-0.1, -0.05) is 0 Å². The molecule has 2 N–H and O–H groups in total. The van der Waals surface area contributed by atoms with Gasteiger partial charge in [0.2, 0.25) is 0 Å². The van der Waals surface area contributed by atoms with Gasteiger partial charge in [0.1, 0.15) is 0 Å². The molecule has 0 radical (unpaired) electrons. The second-order valence-corrected chi connectivity index (χ2v) is 8.57. The molecule has 2 nitrogen and oxygen atoms in total. The molecular weight excluding hydrogens is 250 g/mol. The van der Waals surface area contributed by atoms with Crippen LogP contribution in [0.25, 0.3) is 0 Å². The molecule has 100 valence electrons. The summed E-state index contributed by atoms with van der Waals surface area (Å²) in [6.07, 6.45) is 4.95. The maximum absolute atomic E-state index is 6.11. The van der Waals surface area contributed by atoms with E-state index in [0.29, 0.717) is 0 Å². The molecule has 2 fully saturated rings. The molecule has 1 spiro atoms. The molecule has 0 aromatic rings. The summed E-state index contributed by atoms with van der Waals surface area (Å²) in [5.74, 6) is 3.61. The summed E-state index contributed by atoms with van der Waals surface area (Å²) in [7, 11) is 0. The van der Waals surface area contributed by atoms with Gasteiger partial charge in [-0.25, -0.2) is 0 Å². The third kappa shape index (κ3) is 4.34. The Labute approximate surface area is 114 Å². The monoisotopic (exact) mass is 275 g/mol. The molecule has 4 heteroatoms. The van der Waals surface area contributed by atoms with Gasteiger partial charge < -0.3 is 10.5 Å². The van der Waals surface area contributed by atoms with E-state index in [2.05, 4.69) is 37.4 Å². The first-order valence-corrected chi connectivity index (χ1v) is 8.82. The third-order valence-electron chi connectivity index (χ3n) is 3.54. The first kappa shape index (κ1) is 14.0. The number of hydrogen-bond acceptors (Lipinski definition) is 4. The van der Waals surface area contributed by atoms with Crippen molar-refractivity contribution in [2.75, 3.05) is 23.9 Å². The van der Waals surface area contributed by atoms with E-state index in [0.717, 1.165) is 17.6 Å². The molecule has 0 aliphatic carbocycles. The minimum atomic E-state index is -0.0431. The second-order valence-electron chi connectivity index (χ2n) is 6.06. The molecule has 2 saturated heterocycles. The van der Waals surface area contributed by atoms with Crippen molar-refractivity contribution in [3.05, 3.63) is 0 Å². The van der Waals surface area contributed by atoms with Crippen molar-refractivity contribution in [1.82, 2.24) is 0 Å². The van der Waals surface area contributed by atoms with Crippen LogP contribution in [-0.4, -0.2) is 40.3 Å². The summed E-state index contributed by atoms with van der Waals surface area (Å²) in [6, 6.07) is 0. The van der Waals surface area contributed by atoms with Gasteiger partial charge in [-0.3, -0.25) is 0 Å². The smallest absolute Gasteiger partial charge is 0.0708 e. The predicted octanol–water partition coefficient (Wildman–Crippen LogP) is 2.90. The summed E-state index contributed by atoms with van der Waals surface area (Å²) >= 11 is 4.13. The Morgan fingerprint density at radius 3 is 2.76 bits per heavy atom. The quantitative estimate of drug-likeness (QED) is 0.859. The molecule has 2 heterocycles. The molecule has 1 atom stereocenters. The number of ether oxygens (including phenoxy) is 1. The van der Waals surface area contributed by atoms with E-state index in [9.17, 15) is 0 Å². The number of thioether (sulfide) groups is 2. The lowest BCUT2D eigenvalue weighted by Crippen LogP contribution is -2.44. The molecule has 0 aromatic carbocycles. The highest BCUT2D eigenvalue weighted by Gasteiger charge is 2.39. The van der Waals surface area contributed by atoms with Crippen LogP contribution in [-0.2, 0) is 4.74 Å². The van der Waals surface area contributed by atoms with E-state index in [4.69, 9.17) is 10.5 Å². The number of hydrogen-bond donors (Lipinski definition) is 1. The first-order valence-electron chi connectivity index (χ1n) is 6.61. The van der Waals surface area contributed by atoms with E-state index < -0.39 is 0 Å². The van der Waals surface area contributed by atoms with Gasteiger partial charge in [-0.2, -0.15) is 23.5 Å². The zero-order valence-corrected chi connectivity index (χ0v) is 12.7. The highest BCUT2D eigenvalue weighted by molar-refractivity contribution is 8.00. The Balaban J connectivity index is 1.84. The van der Waals surface area contributed by atoms with E-state index in [1.165, 1.54) is 37.2 Å². The summed E-state index contributed by atoms with van der Waals surface area (Å²) in [4.78, 5) is 0. The average molecular weight is 275 g/mol. The summed E-state index contributed by atoms with van der Waals surface area (Å²) in [5, 5.41) is 0.759. The van der Waals surface area contributed by atoms with E-state index in [1.807, 2.05) is 0 Å². The van der Waals surface area contributed by atoms with Gasteiger partial charge in [0.15, 0.2) is 0 Å². The Kier molecular flexibility index (Phi) is 4.73. The molecule has 0 bridgehead atoms. The van der Waals surface area contributed by atoms with Crippen molar-refractivity contribution in [1.29, 1.82) is 0 Å². The lowest BCUT2D eigenvalue weighted by molar-refractivity contribution is -0.0805. The first-order chi connectivity index (χ1) is 7.99. The molecule has 0 saturated carbocycles. The molecule has 2 aliphatic heterocycles. The Bertz CT molecular complexity index is 241. The van der Waals surface area contributed by atoms with Crippen LogP contribution in [0.15, 0.2) is 0 Å². The minimum absolute atomic E-state index is 0.0431. The Morgan fingerprint density at radius 1 is 1.41 bits per heavy atom. The van der Waals surface area contributed by atoms with Crippen LogP contribution in [0.5, 0.6) is 0 Å². The van der Waals surface area contributed by atoms with Gasteiger partial charge in [0.25, 0.3) is 0 Å². The van der Waals surface area contributed by atoms with Crippen LogP contribution in [0.3, 0.4) is 0 Å². The summed E-state index contributed by atoms with van der Waals surface area (Å²) in [5.41, 5.74) is 6.25. The fourth-order valence-electron chi connectivity index (χ4n) is 2.55. The van der Waals surface area contributed by atoms with Crippen molar-refractivity contribution >= 4 is 23.5 Å². The van der Waals surface area contributed by atoms with Crippen LogP contribution < -0.4 is 5.73 Å². The Hall–Kier alpha value is 0.620. The SMILES string of the molecule is CC(C)(N)CSC1CCOC2(CCSCC2)C1. The normalized spacial score (nSPS) is 29.5. The van der Waals surface area contributed by atoms with E-state index in [1.54, 1.807) is 0 Å². The lowest BCUT2D eigenvalue weighted by atomic mass is 9.88. The van der Waals surface area contributed by atoms with Gasteiger partial charge in [-0.05, 0) is 51.0 Å². The zero-order valence-electron chi connectivity index (χ0n) is 11.0. The fourth-order valence-corrected chi connectivity index (χ4v) is 5.14. The predicted molar refractivity (Wildman–Crippen MR) is 79.0 cm³/mol. The lowest BCUT2D eigenvalue weighted by Gasteiger charge is -2.43. The number of rotatable bonds is 3. The molecule has 0 amide bonds. The summed E-state index contributed by atoms with van der Waals surface area (Å²) < 4.78 is 6.11. The largest absolute Gasteiger partial charge is 0.375 e. The van der Waals surface area contributed by atoms with Gasteiger partial charge in [0, 0.05) is 23.1 Å². The number of nitrogens with two attached hydrogens (primary N) is 1. The van der Waals surface area contributed by atoms with Crippen molar-refractivity contribution in [3.63, 3.8) is 0 Å². The van der Waals surface area contributed by atoms with Gasteiger partial charge in [0.05, 0.1) is 5.60 Å². The molecule has 17 heavy (non-hydrogen) atoms. The summed E-state index contributed by atoms with van der Waals surface area (Å²) in [6.45, 7) is 5.19. The average Bonchev–Trinajstić information content (AvgIpc) is 2.27. The van der Waals surface area contributed by atoms with Crippen LogP contribution in [0.4, 0.5) is 0 Å². The highest BCUT2D eigenvalue weighted by atomic mass is 32.2. The maximum atomic E-state index is 6.11. The van der Waals surface area contributed by atoms with Crippen molar-refractivity contribution in [3.8, 4) is 0 Å². The van der Waals surface area contributed by atoms with Crippen LogP contribution in [0, 0.1) is 0 Å². The van der Waals surface area contributed by atoms with Crippen LogP contribution in [0.2, 0.25) is 0 Å². The molecule has 2 rings (SSSR count). The van der Waals surface area contributed by atoms with E-state index in [-0.39, 0.29) is 11.1 Å². The topological polar surface area (TPSA) is 35.2 Å². The van der Waals surface area contributed by atoms with Crippen molar-refractivity contribution in [2.45, 2.75) is 55.9 Å². The standard InChI is InChI=1S/C13H25NOS2/c1-12(2,14)10-17-11-3-6-15-13(9-11)4-7-16-8-5-13/h11H,3-10,14H2,1-2H3. The minimum Gasteiger partial charge on any atom is -0.375 e. The fraction of sp³-hybridized carbons (Fsp3) is 1.00. The second kappa shape index (κ2) is 5.72. The molecule has 0 aromatic heterocycles. The van der Waals surface area contributed by atoms with Crippen LogP contribution >= 0.6 is 23.5 Å². The van der Waals surface area contributed by atoms with Gasteiger partial charge >= 0.3 is 0 Å². The van der Waals surface area contributed by atoms with Crippen molar-refractivity contribution in [2.24, 2.45) is 5.73 Å². The third-order valence-corrected chi connectivity index (χ3v) is 6.31. The van der Waals surface area contributed by atoms with Crippen molar-refractivity contribution < 1.29 is 4.74 Å². The van der Waals surface area contributed by atoms with Gasteiger partial charge in [-0.15, -0.1) is 0 Å². The van der Waals surface area contributed by atoms with Crippen LogP contribution in [0.1, 0.15) is 39.5 Å². The zero-order chi connectivity index (χ0) is 12.4. The molecule has 2 aliphatic rings. The van der Waals surface area contributed by atoms with E-state index >= 15 is 0 Å². The Morgan fingerprint density at radius 2 is 2.12 bits per heavy atom. The maximum Gasteiger partial charge on any atom is 0.0708 e.